The Morgan fingerprint density at radius 1 is 1.38 bits per heavy atom. The second-order valence-corrected chi connectivity index (χ2v) is 7.22. The molecule has 1 aliphatic carbocycles. The van der Waals surface area contributed by atoms with Gasteiger partial charge in [-0.1, -0.05) is 32.0 Å². The predicted molar refractivity (Wildman–Crippen MR) is 98.4 cm³/mol. The smallest absolute Gasteiger partial charge is 0.266 e. The quantitative estimate of drug-likeness (QED) is 0.806. The minimum atomic E-state index is -0.480. The number of benzene rings is 1. The Balaban J connectivity index is 2.17. The van der Waals surface area contributed by atoms with Crippen LogP contribution >= 0.6 is 12.6 Å². The molecule has 4 nitrogen and oxygen atoms in total. The fourth-order valence-corrected chi connectivity index (χ4v) is 4.26. The summed E-state index contributed by atoms with van der Waals surface area (Å²) in [4.78, 5) is 14.6. The molecule has 5 heteroatoms. The molecule has 1 aromatic carbocycles. The van der Waals surface area contributed by atoms with Gasteiger partial charge in [0.15, 0.2) is 0 Å². The Labute approximate surface area is 148 Å². The van der Waals surface area contributed by atoms with Crippen LogP contribution in [0.1, 0.15) is 45.1 Å². The number of rotatable bonds is 2. The van der Waals surface area contributed by atoms with Crippen LogP contribution in [-0.4, -0.2) is 11.6 Å². The third-order valence-corrected chi connectivity index (χ3v) is 5.69. The van der Waals surface area contributed by atoms with E-state index in [1.165, 1.54) is 5.56 Å². The number of carbonyl (C=O) groups is 1. The Bertz CT molecular complexity index is 726. The van der Waals surface area contributed by atoms with Crippen LogP contribution in [0.3, 0.4) is 0 Å². The van der Waals surface area contributed by atoms with Gasteiger partial charge in [-0.25, -0.2) is 0 Å². The van der Waals surface area contributed by atoms with E-state index in [4.69, 9.17) is 0 Å². The van der Waals surface area contributed by atoms with Gasteiger partial charge in [-0.05, 0) is 49.7 Å². The predicted octanol–water partition coefficient (Wildman–Crippen LogP) is 3.76. The van der Waals surface area contributed by atoms with E-state index in [1.807, 2.05) is 18.2 Å². The SMILES string of the molecule is CCc1ccccc1N1C(S)=C(C#N)C(=O)NC12CCC(C)CC2. The van der Waals surface area contributed by atoms with Gasteiger partial charge in [-0.15, -0.1) is 12.6 Å². The highest BCUT2D eigenvalue weighted by Crippen LogP contribution is 2.44. The molecule has 2 aliphatic rings. The van der Waals surface area contributed by atoms with Crippen molar-refractivity contribution in [3.8, 4) is 6.07 Å². The second-order valence-electron chi connectivity index (χ2n) is 6.80. The molecule has 1 spiro atoms. The van der Waals surface area contributed by atoms with Crippen LogP contribution in [0.2, 0.25) is 0 Å². The van der Waals surface area contributed by atoms with Gasteiger partial charge in [0.25, 0.3) is 5.91 Å². The summed E-state index contributed by atoms with van der Waals surface area (Å²) in [5, 5.41) is 13.0. The Kier molecular flexibility index (Phi) is 4.60. The molecule has 0 unspecified atom stereocenters. The van der Waals surface area contributed by atoms with Gasteiger partial charge >= 0.3 is 0 Å². The van der Waals surface area contributed by atoms with E-state index in [1.54, 1.807) is 0 Å². The molecule has 0 bridgehead atoms. The largest absolute Gasteiger partial charge is 0.328 e. The van der Waals surface area contributed by atoms with Crippen LogP contribution in [0.25, 0.3) is 0 Å². The minimum absolute atomic E-state index is 0.0912. The molecule has 0 saturated heterocycles. The van der Waals surface area contributed by atoms with Gasteiger partial charge in [-0.3, -0.25) is 4.79 Å². The fourth-order valence-electron chi connectivity index (χ4n) is 3.81. The molecule has 1 aliphatic heterocycles. The molecular formula is C19H23N3OS. The number of thiol groups is 1. The monoisotopic (exact) mass is 341 g/mol. The normalized spacial score (nSPS) is 27.2. The highest BCUT2D eigenvalue weighted by molar-refractivity contribution is 7.84. The first-order chi connectivity index (χ1) is 11.5. The van der Waals surface area contributed by atoms with Crippen molar-refractivity contribution in [2.75, 3.05) is 4.90 Å². The van der Waals surface area contributed by atoms with Gasteiger partial charge in [0.2, 0.25) is 0 Å². The van der Waals surface area contributed by atoms with E-state index in [0.29, 0.717) is 10.9 Å². The number of aryl methyl sites for hydroxylation is 1. The van der Waals surface area contributed by atoms with Gasteiger partial charge in [0.05, 0.1) is 5.03 Å². The maximum Gasteiger partial charge on any atom is 0.266 e. The van der Waals surface area contributed by atoms with Crippen molar-refractivity contribution in [3.05, 3.63) is 40.4 Å². The lowest BCUT2D eigenvalue weighted by atomic mass is 9.80. The Morgan fingerprint density at radius 3 is 2.67 bits per heavy atom. The van der Waals surface area contributed by atoms with Crippen molar-refractivity contribution in [1.82, 2.24) is 5.32 Å². The molecule has 1 heterocycles. The minimum Gasteiger partial charge on any atom is -0.328 e. The molecule has 1 N–H and O–H groups in total. The van der Waals surface area contributed by atoms with Gasteiger partial charge in [0.1, 0.15) is 17.3 Å². The van der Waals surface area contributed by atoms with Gasteiger partial charge in [0, 0.05) is 5.69 Å². The third-order valence-electron chi connectivity index (χ3n) is 5.26. The summed E-state index contributed by atoms with van der Waals surface area (Å²) in [5.41, 5.74) is 1.84. The molecule has 1 fully saturated rings. The van der Waals surface area contributed by atoms with Crippen LogP contribution in [0.5, 0.6) is 0 Å². The topological polar surface area (TPSA) is 56.1 Å². The first kappa shape index (κ1) is 16.9. The summed E-state index contributed by atoms with van der Waals surface area (Å²) in [6, 6.07) is 10.2. The number of nitriles is 1. The third kappa shape index (κ3) is 2.69. The summed E-state index contributed by atoms with van der Waals surface area (Å²) in [5.74, 6) is 0.350. The summed E-state index contributed by atoms with van der Waals surface area (Å²) in [7, 11) is 0. The first-order valence-electron chi connectivity index (χ1n) is 8.56. The highest BCUT2D eigenvalue weighted by Gasteiger charge is 2.47. The number of nitrogens with zero attached hydrogens (tertiary/aromatic N) is 2. The van der Waals surface area contributed by atoms with E-state index < -0.39 is 5.66 Å². The van der Waals surface area contributed by atoms with Crippen molar-refractivity contribution in [2.45, 2.75) is 51.6 Å². The van der Waals surface area contributed by atoms with E-state index in [9.17, 15) is 10.1 Å². The van der Waals surface area contributed by atoms with E-state index in [0.717, 1.165) is 37.8 Å². The van der Waals surface area contributed by atoms with Crippen molar-refractivity contribution in [1.29, 1.82) is 5.26 Å². The van der Waals surface area contributed by atoms with Crippen LogP contribution in [0, 0.1) is 17.2 Å². The fraction of sp³-hybridized carbons (Fsp3) is 0.474. The van der Waals surface area contributed by atoms with E-state index in [-0.39, 0.29) is 11.5 Å². The van der Waals surface area contributed by atoms with Crippen LogP contribution in [-0.2, 0) is 11.2 Å². The number of nitrogens with one attached hydrogen (secondary N) is 1. The van der Waals surface area contributed by atoms with Crippen molar-refractivity contribution >= 4 is 24.2 Å². The van der Waals surface area contributed by atoms with Gasteiger partial charge < -0.3 is 10.2 Å². The lowest BCUT2D eigenvalue weighted by molar-refractivity contribution is -0.120. The van der Waals surface area contributed by atoms with E-state index in [2.05, 4.69) is 48.8 Å². The molecule has 1 saturated carbocycles. The highest BCUT2D eigenvalue weighted by atomic mass is 32.1. The molecule has 1 amide bonds. The van der Waals surface area contributed by atoms with Crippen LogP contribution in [0.15, 0.2) is 34.9 Å². The zero-order valence-electron chi connectivity index (χ0n) is 14.2. The number of amides is 1. The van der Waals surface area contributed by atoms with Crippen LogP contribution in [0.4, 0.5) is 5.69 Å². The summed E-state index contributed by atoms with van der Waals surface area (Å²) in [6.45, 7) is 4.37. The number of hydrogen-bond donors (Lipinski definition) is 2. The number of anilines is 1. The summed E-state index contributed by atoms with van der Waals surface area (Å²) >= 11 is 4.62. The molecule has 3 rings (SSSR count). The average molecular weight is 341 g/mol. The zero-order valence-corrected chi connectivity index (χ0v) is 15.1. The maximum absolute atomic E-state index is 12.5. The number of hydrogen-bond acceptors (Lipinski definition) is 4. The lowest BCUT2D eigenvalue weighted by Crippen LogP contribution is -2.65. The standard InChI is InChI=1S/C19H23N3OS/c1-3-14-6-4-5-7-16(14)22-18(24)15(12-20)17(23)21-19(22)10-8-13(2)9-11-19/h4-7,13,24H,3,8-11H2,1-2H3,(H,21,23). The van der Waals surface area contributed by atoms with Crippen molar-refractivity contribution in [3.63, 3.8) is 0 Å². The lowest BCUT2D eigenvalue weighted by Gasteiger charge is -2.51. The Hall–Kier alpha value is -1.93. The molecular weight excluding hydrogens is 318 g/mol. The molecule has 0 atom stereocenters. The van der Waals surface area contributed by atoms with Crippen molar-refractivity contribution < 1.29 is 4.79 Å². The van der Waals surface area contributed by atoms with Crippen molar-refractivity contribution in [2.24, 2.45) is 5.92 Å². The number of para-hydroxylation sites is 1. The van der Waals surface area contributed by atoms with Gasteiger partial charge in [-0.2, -0.15) is 5.26 Å². The molecule has 126 valence electrons. The van der Waals surface area contributed by atoms with E-state index >= 15 is 0 Å². The summed E-state index contributed by atoms with van der Waals surface area (Å²) in [6.07, 6.45) is 4.71. The second kappa shape index (κ2) is 6.52. The first-order valence-corrected chi connectivity index (χ1v) is 9.01. The summed E-state index contributed by atoms with van der Waals surface area (Å²) < 4.78 is 0. The average Bonchev–Trinajstić information content (AvgIpc) is 2.58. The van der Waals surface area contributed by atoms with Crippen LogP contribution < -0.4 is 10.2 Å². The maximum atomic E-state index is 12.5. The molecule has 24 heavy (non-hydrogen) atoms. The zero-order chi connectivity index (χ0) is 17.3. The molecule has 0 radical (unpaired) electrons. The Morgan fingerprint density at radius 2 is 2.04 bits per heavy atom. The number of carbonyl (C=O) groups excluding carboxylic acids is 1. The molecule has 0 aromatic heterocycles. The molecule has 1 aromatic rings.